The van der Waals surface area contributed by atoms with Crippen LogP contribution in [-0.2, 0) is 28.4 Å². The van der Waals surface area contributed by atoms with E-state index in [-0.39, 0.29) is 23.5 Å². The molecule has 0 saturated carbocycles. The van der Waals surface area contributed by atoms with Gasteiger partial charge in [-0.15, -0.1) is 0 Å². The second-order valence-electron chi connectivity index (χ2n) is 11.1. The van der Waals surface area contributed by atoms with Gasteiger partial charge < -0.3 is 14.2 Å². The molecule has 3 aromatic carbocycles. The molecule has 0 spiro atoms. The smallest absolute Gasteiger partial charge is 0.416 e. The van der Waals surface area contributed by atoms with Crippen molar-refractivity contribution >= 4 is 23.7 Å². The number of rotatable bonds is 7. The van der Waals surface area contributed by atoms with E-state index in [1.807, 2.05) is 19.1 Å². The quantitative estimate of drug-likeness (QED) is 0.109. The van der Waals surface area contributed by atoms with Gasteiger partial charge in [-0.1, -0.05) is 23.7 Å². The average Bonchev–Trinajstić information content (AvgIpc) is 3.31. The number of cyclic esters (lactones) is 1. The summed E-state index contributed by atoms with van der Waals surface area (Å²) in [6.07, 6.45) is -12.6. The first-order valence-electron chi connectivity index (χ1n) is 14.3. The van der Waals surface area contributed by atoms with Crippen molar-refractivity contribution in [3.63, 3.8) is 0 Å². The number of amides is 1. The molecule has 4 aromatic rings. The number of hydrogen-bond acceptors (Lipinski definition) is 6. The second-order valence-corrected chi connectivity index (χ2v) is 11.5. The number of aryl methyl sites for hydroxylation is 1. The van der Waals surface area contributed by atoms with Crippen molar-refractivity contribution in [2.75, 3.05) is 14.2 Å². The molecule has 0 radical (unpaired) electrons. The lowest BCUT2D eigenvalue weighted by molar-refractivity contribution is -0.143. The zero-order chi connectivity index (χ0) is 35.1. The molecule has 0 aliphatic carbocycles. The molecule has 1 saturated heterocycles. The Morgan fingerprint density at radius 2 is 1.54 bits per heavy atom. The van der Waals surface area contributed by atoms with E-state index in [9.17, 15) is 35.9 Å². The molecule has 1 aliphatic heterocycles. The first-order valence-corrected chi connectivity index (χ1v) is 14.7. The van der Waals surface area contributed by atoms with Crippen LogP contribution in [0.1, 0.15) is 51.3 Å². The van der Waals surface area contributed by atoms with Crippen LogP contribution in [0.25, 0.3) is 22.3 Å². The maximum absolute atomic E-state index is 13.6. The molecular weight excluding hydrogens is 666 g/mol. The number of pyridine rings is 1. The lowest BCUT2D eigenvalue weighted by atomic mass is 9.93. The summed E-state index contributed by atoms with van der Waals surface area (Å²) in [6.45, 7) is 3.03. The van der Waals surface area contributed by atoms with Crippen LogP contribution in [0.15, 0.2) is 66.7 Å². The molecule has 7 nitrogen and oxygen atoms in total. The van der Waals surface area contributed by atoms with Crippen LogP contribution in [0.2, 0.25) is 5.15 Å². The first kappa shape index (κ1) is 34.6. The van der Waals surface area contributed by atoms with Crippen LogP contribution in [0.5, 0.6) is 5.75 Å². The third kappa shape index (κ3) is 6.91. The van der Waals surface area contributed by atoms with Crippen LogP contribution in [0.4, 0.5) is 31.1 Å². The van der Waals surface area contributed by atoms with E-state index in [4.69, 9.17) is 25.8 Å². The maximum atomic E-state index is 13.6. The highest BCUT2D eigenvalue weighted by atomic mass is 35.5. The number of hydrogen-bond donors (Lipinski definition) is 0. The Kier molecular flexibility index (Phi) is 9.37. The van der Waals surface area contributed by atoms with Crippen molar-refractivity contribution in [2.45, 2.75) is 44.9 Å². The zero-order valence-electron chi connectivity index (χ0n) is 25.8. The molecule has 0 N–H and O–H groups in total. The van der Waals surface area contributed by atoms with E-state index < -0.39 is 53.3 Å². The highest BCUT2D eigenvalue weighted by Gasteiger charge is 2.43. The molecule has 0 unspecified atom stereocenters. The summed E-state index contributed by atoms with van der Waals surface area (Å²) in [5, 5.41) is 0.0718. The summed E-state index contributed by atoms with van der Waals surface area (Å²) in [5.41, 5.74) is 0.521. The molecule has 252 valence electrons. The van der Waals surface area contributed by atoms with Crippen molar-refractivity contribution in [2.24, 2.45) is 0 Å². The van der Waals surface area contributed by atoms with Crippen molar-refractivity contribution in [1.29, 1.82) is 0 Å². The van der Waals surface area contributed by atoms with Crippen LogP contribution >= 0.6 is 11.6 Å². The van der Waals surface area contributed by atoms with Crippen molar-refractivity contribution in [3.05, 3.63) is 105 Å². The predicted octanol–water partition coefficient (Wildman–Crippen LogP) is 9.29. The Labute approximate surface area is 276 Å². The summed E-state index contributed by atoms with van der Waals surface area (Å²) in [4.78, 5) is 30.7. The summed E-state index contributed by atoms with van der Waals surface area (Å²) >= 11 is 6.25. The van der Waals surface area contributed by atoms with Gasteiger partial charge >= 0.3 is 24.4 Å². The van der Waals surface area contributed by atoms with Crippen molar-refractivity contribution in [3.8, 4) is 28.0 Å². The fourth-order valence-electron chi connectivity index (χ4n) is 5.62. The number of alkyl halides is 6. The molecule has 14 heteroatoms. The van der Waals surface area contributed by atoms with Crippen molar-refractivity contribution in [1.82, 2.24) is 9.88 Å². The van der Waals surface area contributed by atoms with E-state index in [0.717, 1.165) is 21.6 Å². The zero-order valence-corrected chi connectivity index (χ0v) is 26.6. The second kappa shape index (κ2) is 13.0. The van der Waals surface area contributed by atoms with Crippen LogP contribution in [-0.4, -0.2) is 42.2 Å². The van der Waals surface area contributed by atoms with Crippen LogP contribution in [0.3, 0.4) is 0 Å². The third-order valence-electron chi connectivity index (χ3n) is 8.04. The minimum absolute atomic E-state index is 0.0152. The largest absolute Gasteiger partial charge is 0.496 e. The normalized spacial score (nSPS) is 16.6. The van der Waals surface area contributed by atoms with Crippen LogP contribution < -0.4 is 4.74 Å². The number of ether oxygens (including phenoxy) is 3. The molecule has 48 heavy (non-hydrogen) atoms. The molecule has 1 fully saturated rings. The number of aromatic nitrogens is 1. The number of carbonyl (C=O) groups excluding carboxylic acids is 2. The fraction of sp³-hybridized carbons (Fsp3) is 0.265. The molecule has 1 amide bonds. The monoisotopic (exact) mass is 692 g/mol. The molecule has 2 atom stereocenters. The summed E-state index contributed by atoms with van der Waals surface area (Å²) < 4.78 is 97.1. The minimum atomic E-state index is -5.07. The molecule has 1 aromatic heterocycles. The number of nitrogens with zero attached hydrogens (tertiary/aromatic N) is 2. The van der Waals surface area contributed by atoms with Gasteiger partial charge in [0.25, 0.3) is 0 Å². The minimum Gasteiger partial charge on any atom is -0.496 e. The van der Waals surface area contributed by atoms with E-state index in [2.05, 4.69) is 4.98 Å². The highest BCUT2D eigenvalue weighted by molar-refractivity contribution is 6.29. The Hall–Kier alpha value is -4.78. The Bertz CT molecular complexity index is 1860. The molecule has 5 rings (SSSR count). The van der Waals surface area contributed by atoms with Gasteiger partial charge in [0.1, 0.15) is 17.0 Å². The number of methoxy groups -OCH3 is 2. The van der Waals surface area contributed by atoms with Gasteiger partial charge in [-0.05, 0) is 90.7 Å². The number of esters is 1. The lowest BCUT2D eigenvalue weighted by Gasteiger charge is -2.23. The van der Waals surface area contributed by atoms with Crippen molar-refractivity contribution < 1.29 is 50.1 Å². The summed E-state index contributed by atoms with van der Waals surface area (Å²) in [5.74, 6) is -0.0470. The highest BCUT2D eigenvalue weighted by Crippen LogP contribution is 2.42. The van der Waals surface area contributed by atoms with E-state index in [0.29, 0.717) is 34.6 Å². The number of benzene rings is 3. The fourth-order valence-corrected chi connectivity index (χ4v) is 5.79. The lowest BCUT2D eigenvalue weighted by Crippen LogP contribution is -2.32. The van der Waals surface area contributed by atoms with Gasteiger partial charge in [-0.3, -0.25) is 4.90 Å². The van der Waals surface area contributed by atoms with Gasteiger partial charge in [-0.25, -0.2) is 14.6 Å². The van der Waals surface area contributed by atoms with Gasteiger partial charge in [-0.2, -0.15) is 26.3 Å². The standard InChI is InChI=1S/C34H27ClF6N2O5/c1-17-11-20(31(44)47-4)5-7-24(17)19-6-9-28(46-3)26(14-19)25-8-10-29(35)42-27(25)16-43-18(2)30(48-32(43)45)21-12-22(33(36,37)38)15-23(13-21)34(39,40)41/h5-15,18,30H,16H2,1-4H3/t18-,30-/m0/s1. The molecule has 2 heterocycles. The van der Waals surface area contributed by atoms with E-state index >= 15 is 0 Å². The molecular formula is C34H27ClF6N2O5. The summed E-state index contributed by atoms with van der Waals surface area (Å²) in [6, 6.07) is 13.8. The maximum Gasteiger partial charge on any atom is 0.416 e. The third-order valence-corrected chi connectivity index (χ3v) is 8.25. The number of carbonyl (C=O) groups is 2. The van der Waals surface area contributed by atoms with E-state index in [1.54, 1.807) is 30.3 Å². The molecule has 0 bridgehead atoms. The SMILES string of the molecule is COC(=O)c1ccc(-c2ccc(OC)c(-c3ccc(Cl)nc3CN3C(=O)O[C@H](c4cc(C(F)(F)F)cc(C(F)(F)F)c4)[C@@H]3C)c2)c(C)c1. The average molecular weight is 693 g/mol. The van der Waals surface area contributed by atoms with Crippen LogP contribution in [0, 0.1) is 6.92 Å². The van der Waals surface area contributed by atoms with Gasteiger partial charge in [0.05, 0.1) is 49.2 Å². The molecule has 1 aliphatic rings. The Morgan fingerprint density at radius 3 is 2.12 bits per heavy atom. The number of halogens is 7. The Balaban J connectivity index is 1.53. The topological polar surface area (TPSA) is 78.0 Å². The van der Waals surface area contributed by atoms with Gasteiger partial charge in [0.15, 0.2) is 0 Å². The van der Waals surface area contributed by atoms with Gasteiger partial charge in [0, 0.05) is 11.1 Å². The van der Waals surface area contributed by atoms with Gasteiger partial charge in [0.2, 0.25) is 0 Å². The summed E-state index contributed by atoms with van der Waals surface area (Å²) in [7, 11) is 2.75. The first-order chi connectivity index (χ1) is 22.5. The van der Waals surface area contributed by atoms with E-state index in [1.165, 1.54) is 27.2 Å². The predicted molar refractivity (Wildman–Crippen MR) is 163 cm³/mol. The Morgan fingerprint density at radius 1 is 0.896 bits per heavy atom.